The molecule has 0 rings (SSSR count). The summed E-state index contributed by atoms with van der Waals surface area (Å²) in [6.45, 7) is 7.84. The summed E-state index contributed by atoms with van der Waals surface area (Å²) in [4.78, 5) is 11.9. The van der Waals surface area contributed by atoms with E-state index in [0.717, 1.165) is 0 Å². The molecule has 0 fully saturated rings. The highest BCUT2D eigenvalue weighted by molar-refractivity contribution is 5.76. The first-order valence-corrected chi connectivity index (χ1v) is 6.87. The van der Waals surface area contributed by atoms with Gasteiger partial charge in [-0.1, -0.05) is 20.8 Å². The Hall–Kier alpha value is -0.880. The third kappa shape index (κ3) is 7.09. The summed E-state index contributed by atoms with van der Waals surface area (Å²) in [6, 6.07) is 0. The van der Waals surface area contributed by atoms with E-state index in [2.05, 4.69) is 0 Å². The van der Waals surface area contributed by atoms with Crippen molar-refractivity contribution in [3.63, 3.8) is 0 Å². The minimum Gasteiger partial charge on any atom is -0.456 e. The van der Waals surface area contributed by atoms with Crippen LogP contribution in [-0.4, -0.2) is 24.2 Å². The summed E-state index contributed by atoms with van der Waals surface area (Å²) in [7, 11) is 0. The van der Waals surface area contributed by atoms with E-state index in [-0.39, 0.29) is 12.3 Å². The molecule has 0 radical (unpaired) electrons. The molecule has 0 saturated heterocycles. The second kappa shape index (κ2) is 6.92. The lowest BCUT2D eigenvalue weighted by Gasteiger charge is -2.31. The minimum absolute atomic E-state index is 0.325. The number of halogens is 5. The summed E-state index contributed by atoms with van der Waals surface area (Å²) in [5.41, 5.74) is -1.01. The van der Waals surface area contributed by atoms with Crippen molar-refractivity contribution in [2.75, 3.05) is 0 Å². The molecule has 0 aliphatic heterocycles. The summed E-state index contributed by atoms with van der Waals surface area (Å²) in [6.07, 6.45) is -9.38. The number of rotatable bonds is 7. The SMILES string of the molecule is CCC(C)(C)C(=O)OC(CC(C)C)C(F)(F)CC(F)(F)F. The maximum atomic E-state index is 13.8. The number of hydrogen-bond acceptors (Lipinski definition) is 2. The lowest BCUT2D eigenvalue weighted by Crippen LogP contribution is -2.44. The number of esters is 1. The summed E-state index contributed by atoms with van der Waals surface area (Å²) in [5.74, 6) is -5.37. The lowest BCUT2D eigenvalue weighted by atomic mass is 9.90. The Bertz CT molecular complexity index is 348. The van der Waals surface area contributed by atoms with Crippen LogP contribution in [0.5, 0.6) is 0 Å². The molecule has 0 N–H and O–H groups in total. The van der Waals surface area contributed by atoms with Crippen molar-refractivity contribution in [3.05, 3.63) is 0 Å². The molecular weight excluding hydrogens is 295 g/mol. The van der Waals surface area contributed by atoms with E-state index < -0.39 is 36.0 Å². The van der Waals surface area contributed by atoms with Crippen LogP contribution in [0, 0.1) is 11.3 Å². The van der Waals surface area contributed by atoms with Gasteiger partial charge in [0.1, 0.15) is 6.42 Å². The molecule has 0 aliphatic carbocycles. The Labute approximate surface area is 122 Å². The van der Waals surface area contributed by atoms with Crippen molar-refractivity contribution in [2.24, 2.45) is 11.3 Å². The molecule has 126 valence electrons. The van der Waals surface area contributed by atoms with E-state index in [1.807, 2.05) is 0 Å². The van der Waals surface area contributed by atoms with Gasteiger partial charge in [0.05, 0.1) is 5.41 Å². The van der Waals surface area contributed by atoms with Crippen molar-refractivity contribution < 1.29 is 31.5 Å². The topological polar surface area (TPSA) is 26.3 Å². The summed E-state index contributed by atoms with van der Waals surface area (Å²) >= 11 is 0. The highest BCUT2D eigenvalue weighted by atomic mass is 19.4. The van der Waals surface area contributed by atoms with Gasteiger partial charge in [0.2, 0.25) is 0 Å². The molecule has 7 heteroatoms. The first kappa shape index (κ1) is 20.1. The molecule has 0 aliphatic rings. The van der Waals surface area contributed by atoms with E-state index in [4.69, 9.17) is 4.74 Å². The quantitative estimate of drug-likeness (QED) is 0.489. The van der Waals surface area contributed by atoms with Gasteiger partial charge in [0, 0.05) is 0 Å². The van der Waals surface area contributed by atoms with Gasteiger partial charge in [-0.05, 0) is 32.6 Å². The first-order valence-electron chi connectivity index (χ1n) is 6.87. The number of ether oxygens (including phenoxy) is 1. The normalized spacial score (nSPS) is 15.2. The Morgan fingerprint density at radius 2 is 1.57 bits per heavy atom. The monoisotopic (exact) mass is 318 g/mol. The zero-order valence-corrected chi connectivity index (χ0v) is 13.0. The predicted octanol–water partition coefficient (Wildman–Crippen LogP) is 4.97. The fraction of sp³-hybridized carbons (Fsp3) is 0.929. The number of alkyl halides is 5. The van der Waals surface area contributed by atoms with Gasteiger partial charge in [-0.2, -0.15) is 13.2 Å². The van der Waals surface area contributed by atoms with Crippen LogP contribution >= 0.6 is 0 Å². The van der Waals surface area contributed by atoms with Crippen molar-refractivity contribution in [2.45, 2.75) is 72.1 Å². The molecule has 1 unspecified atom stereocenters. The fourth-order valence-corrected chi connectivity index (χ4v) is 1.55. The molecule has 0 bridgehead atoms. The van der Waals surface area contributed by atoms with E-state index in [0.29, 0.717) is 6.42 Å². The zero-order chi connectivity index (χ0) is 17.1. The van der Waals surface area contributed by atoms with Crippen LogP contribution in [0.15, 0.2) is 0 Å². The van der Waals surface area contributed by atoms with Crippen LogP contribution < -0.4 is 0 Å². The van der Waals surface area contributed by atoms with Gasteiger partial charge in [0.25, 0.3) is 5.92 Å². The second-order valence-electron chi connectivity index (χ2n) is 6.31. The summed E-state index contributed by atoms with van der Waals surface area (Å²) < 4.78 is 69.1. The zero-order valence-electron chi connectivity index (χ0n) is 13.0. The molecule has 0 saturated carbocycles. The van der Waals surface area contributed by atoms with Gasteiger partial charge in [-0.3, -0.25) is 4.79 Å². The van der Waals surface area contributed by atoms with Gasteiger partial charge in [-0.25, -0.2) is 8.78 Å². The molecule has 0 aromatic rings. The van der Waals surface area contributed by atoms with Crippen molar-refractivity contribution >= 4 is 5.97 Å². The second-order valence-corrected chi connectivity index (χ2v) is 6.31. The Morgan fingerprint density at radius 3 is 1.90 bits per heavy atom. The highest BCUT2D eigenvalue weighted by Crippen LogP contribution is 2.38. The molecule has 21 heavy (non-hydrogen) atoms. The van der Waals surface area contributed by atoms with E-state index in [1.54, 1.807) is 20.8 Å². The smallest absolute Gasteiger partial charge is 0.395 e. The van der Waals surface area contributed by atoms with Gasteiger partial charge in [-0.15, -0.1) is 0 Å². The Morgan fingerprint density at radius 1 is 1.10 bits per heavy atom. The number of hydrogen-bond donors (Lipinski definition) is 0. The molecule has 0 heterocycles. The number of carbonyl (C=O) groups is 1. The lowest BCUT2D eigenvalue weighted by molar-refractivity contribution is -0.228. The van der Waals surface area contributed by atoms with Crippen molar-refractivity contribution in [1.82, 2.24) is 0 Å². The Balaban J connectivity index is 5.17. The van der Waals surface area contributed by atoms with E-state index in [1.165, 1.54) is 13.8 Å². The van der Waals surface area contributed by atoms with Crippen molar-refractivity contribution in [1.29, 1.82) is 0 Å². The number of carbonyl (C=O) groups excluding carboxylic acids is 1. The molecule has 0 aromatic carbocycles. The molecule has 2 nitrogen and oxygen atoms in total. The van der Waals surface area contributed by atoms with Gasteiger partial charge >= 0.3 is 12.1 Å². The van der Waals surface area contributed by atoms with E-state index >= 15 is 0 Å². The molecule has 0 aromatic heterocycles. The fourth-order valence-electron chi connectivity index (χ4n) is 1.55. The van der Waals surface area contributed by atoms with Gasteiger partial charge in [0.15, 0.2) is 6.10 Å². The van der Waals surface area contributed by atoms with Crippen LogP contribution in [0.1, 0.15) is 53.9 Å². The third-order valence-electron chi connectivity index (χ3n) is 3.28. The van der Waals surface area contributed by atoms with Gasteiger partial charge < -0.3 is 4.74 Å². The van der Waals surface area contributed by atoms with Crippen molar-refractivity contribution in [3.8, 4) is 0 Å². The van der Waals surface area contributed by atoms with Crippen LogP contribution in [0.25, 0.3) is 0 Å². The maximum absolute atomic E-state index is 13.8. The van der Waals surface area contributed by atoms with Crippen LogP contribution in [-0.2, 0) is 9.53 Å². The summed E-state index contributed by atoms with van der Waals surface area (Å²) in [5, 5.41) is 0. The van der Waals surface area contributed by atoms with Crippen LogP contribution in [0.4, 0.5) is 22.0 Å². The molecular formula is C14H23F5O2. The maximum Gasteiger partial charge on any atom is 0.395 e. The molecule has 1 atom stereocenters. The molecule has 0 spiro atoms. The standard InChI is InChI=1S/C14H23F5O2/c1-6-12(4,5)11(20)21-10(7-9(2)3)13(15,16)8-14(17,18)19/h9-10H,6-8H2,1-5H3. The molecule has 0 amide bonds. The van der Waals surface area contributed by atoms with E-state index in [9.17, 15) is 26.7 Å². The van der Waals surface area contributed by atoms with Crippen LogP contribution in [0.3, 0.4) is 0 Å². The average molecular weight is 318 g/mol. The van der Waals surface area contributed by atoms with Crippen LogP contribution in [0.2, 0.25) is 0 Å². The average Bonchev–Trinajstić information content (AvgIpc) is 2.24. The first-order chi connectivity index (χ1) is 9.21. The predicted molar refractivity (Wildman–Crippen MR) is 69.0 cm³/mol. The Kier molecular flexibility index (Phi) is 6.63. The largest absolute Gasteiger partial charge is 0.456 e. The highest BCUT2D eigenvalue weighted by Gasteiger charge is 2.51. The minimum atomic E-state index is -5.02. The third-order valence-corrected chi connectivity index (χ3v) is 3.28.